The molecule has 3 fully saturated rings. The maximum atomic E-state index is 12.6. The molecule has 3 nitrogen and oxygen atoms in total. The van der Waals surface area contributed by atoms with Crippen LogP contribution in [-0.2, 0) is 4.74 Å². The summed E-state index contributed by atoms with van der Waals surface area (Å²) in [6.45, 7) is 20.3. The van der Waals surface area contributed by atoms with Gasteiger partial charge in [0.05, 0.1) is 0 Å². The van der Waals surface area contributed by atoms with Gasteiger partial charge >= 0.3 is 6.09 Å². The van der Waals surface area contributed by atoms with Crippen LogP contribution in [0.5, 0.6) is 0 Å². The summed E-state index contributed by atoms with van der Waals surface area (Å²) in [7, 11) is 0. The molecule has 1 amide bonds. The molecule has 4 aliphatic carbocycles. The summed E-state index contributed by atoms with van der Waals surface area (Å²) in [6.07, 6.45) is 22.9. The van der Waals surface area contributed by atoms with Gasteiger partial charge in [-0.1, -0.05) is 106 Å². The lowest BCUT2D eigenvalue weighted by atomic mass is 9.47. The predicted octanol–water partition coefficient (Wildman–Crippen LogP) is 11.1. The smallest absolute Gasteiger partial charge is 0.407 e. The number of fused-ring (bicyclic) bond motifs is 5. The number of hydrogen-bond donors (Lipinski definition) is 1. The molecular formula is C38H67NO2. The van der Waals surface area contributed by atoms with Crippen LogP contribution in [0.1, 0.15) is 158 Å². The van der Waals surface area contributed by atoms with Crippen LogP contribution in [0.4, 0.5) is 4.79 Å². The van der Waals surface area contributed by atoms with Crippen LogP contribution in [0.3, 0.4) is 0 Å². The van der Waals surface area contributed by atoms with Gasteiger partial charge in [-0.2, -0.15) is 0 Å². The molecule has 0 aromatic heterocycles. The lowest BCUT2D eigenvalue weighted by molar-refractivity contribution is -0.0581. The van der Waals surface area contributed by atoms with E-state index in [1.165, 1.54) is 83.5 Å². The minimum Gasteiger partial charge on any atom is -0.446 e. The van der Waals surface area contributed by atoms with Crippen LogP contribution < -0.4 is 5.32 Å². The molecule has 0 spiro atoms. The second-order valence-electron chi connectivity index (χ2n) is 17.2. The summed E-state index contributed by atoms with van der Waals surface area (Å²) in [5.74, 6) is 5.22. The van der Waals surface area contributed by atoms with Crippen molar-refractivity contribution in [2.75, 3.05) is 6.54 Å². The lowest BCUT2D eigenvalue weighted by Crippen LogP contribution is -2.51. The zero-order valence-electron chi connectivity index (χ0n) is 28.5. The number of alkyl carbamates (subject to hydrolysis) is 1. The van der Waals surface area contributed by atoms with Gasteiger partial charge in [-0.15, -0.1) is 0 Å². The fourth-order valence-corrected chi connectivity index (χ4v) is 10.3. The van der Waals surface area contributed by atoms with Gasteiger partial charge in [-0.05, 0) is 110 Å². The largest absolute Gasteiger partial charge is 0.446 e. The molecule has 236 valence electrons. The minimum absolute atomic E-state index is 0.0501. The van der Waals surface area contributed by atoms with Crippen LogP contribution >= 0.6 is 0 Å². The maximum Gasteiger partial charge on any atom is 0.407 e. The highest BCUT2D eigenvalue weighted by molar-refractivity contribution is 5.67. The summed E-state index contributed by atoms with van der Waals surface area (Å²) in [4.78, 5) is 12.6. The molecule has 0 radical (unpaired) electrons. The Balaban J connectivity index is 1.25. The highest BCUT2D eigenvalue weighted by atomic mass is 16.6. The zero-order chi connectivity index (χ0) is 29.8. The summed E-state index contributed by atoms with van der Waals surface area (Å²) < 4.78 is 5.98. The first-order valence-corrected chi connectivity index (χ1v) is 18.0. The number of hydrogen-bond acceptors (Lipinski definition) is 2. The van der Waals surface area contributed by atoms with Crippen LogP contribution in [0.15, 0.2) is 11.6 Å². The molecule has 4 aliphatic rings. The molecule has 0 aliphatic heterocycles. The highest BCUT2D eigenvalue weighted by Gasteiger charge is 2.59. The van der Waals surface area contributed by atoms with Crippen molar-refractivity contribution in [2.24, 2.45) is 51.8 Å². The summed E-state index contributed by atoms with van der Waals surface area (Å²) in [5, 5.41) is 3.04. The SMILES string of the molecule is CC(C)CCC[C@@H](C)C1CCC2C3CC=C4C[C@@H](OC(=O)NCCCCCCC(C)(C)C)CC[C@]4(C)C3CC[C@@]21C. The van der Waals surface area contributed by atoms with Gasteiger partial charge in [-0.3, -0.25) is 0 Å². The third-order valence-electron chi connectivity index (χ3n) is 12.7. The molecule has 0 aromatic rings. The second kappa shape index (κ2) is 13.8. The fraction of sp³-hybridized carbons (Fsp3) is 0.921. The standard InChI is InChI=1S/C38H67NO2/c1-27(2)14-13-15-28(3)32-18-19-33-31-17-16-29-26-30(20-23-37(29,7)34(31)21-24-38(32,33)8)41-35(40)39-25-12-10-9-11-22-36(4,5)6/h16,27-28,30-34H,9-15,17-26H2,1-8H3,(H,39,40)/t28-,30+,31?,32?,33?,34?,37+,38-/m1/s1. The molecule has 4 unspecified atom stereocenters. The Morgan fingerprint density at radius 2 is 1.71 bits per heavy atom. The van der Waals surface area contributed by atoms with Crippen LogP contribution in [-0.4, -0.2) is 18.7 Å². The Hall–Kier alpha value is -0.990. The van der Waals surface area contributed by atoms with E-state index in [1.807, 2.05) is 0 Å². The minimum atomic E-state index is -0.199. The molecule has 8 atom stereocenters. The van der Waals surface area contributed by atoms with E-state index >= 15 is 0 Å². The van der Waals surface area contributed by atoms with Crippen molar-refractivity contribution >= 4 is 6.09 Å². The number of carbonyl (C=O) groups is 1. The molecule has 1 N–H and O–H groups in total. The van der Waals surface area contributed by atoms with Crippen LogP contribution in [0.2, 0.25) is 0 Å². The zero-order valence-corrected chi connectivity index (χ0v) is 28.5. The first-order chi connectivity index (χ1) is 19.3. The van der Waals surface area contributed by atoms with Crippen molar-refractivity contribution in [2.45, 2.75) is 164 Å². The van der Waals surface area contributed by atoms with E-state index in [2.05, 4.69) is 66.8 Å². The first kappa shape index (κ1) is 32.9. The van der Waals surface area contributed by atoms with Gasteiger partial charge in [0.2, 0.25) is 0 Å². The Morgan fingerprint density at radius 3 is 2.44 bits per heavy atom. The van der Waals surface area contributed by atoms with E-state index < -0.39 is 0 Å². The van der Waals surface area contributed by atoms with Gasteiger partial charge in [0, 0.05) is 13.0 Å². The molecule has 3 saturated carbocycles. The number of ether oxygens (including phenoxy) is 1. The molecule has 4 rings (SSSR count). The fourth-order valence-electron chi connectivity index (χ4n) is 10.3. The normalized spacial score (nSPS) is 35.7. The third kappa shape index (κ3) is 7.94. The van der Waals surface area contributed by atoms with E-state index in [0.717, 1.165) is 61.3 Å². The van der Waals surface area contributed by atoms with E-state index in [4.69, 9.17) is 4.74 Å². The highest BCUT2D eigenvalue weighted by Crippen LogP contribution is 2.67. The van der Waals surface area contributed by atoms with Crippen LogP contribution in [0, 0.1) is 51.8 Å². The van der Waals surface area contributed by atoms with Crippen molar-refractivity contribution < 1.29 is 9.53 Å². The number of rotatable bonds is 12. The van der Waals surface area contributed by atoms with Gasteiger partial charge in [0.1, 0.15) is 6.10 Å². The number of nitrogens with one attached hydrogen (secondary N) is 1. The summed E-state index contributed by atoms with van der Waals surface area (Å²) >= 11 is 0. The molecule has 0 heterocycles. The van der Waals surface area contributed by atoms with Crippen molar-refractivity contribution in [1.82, 2.24) is 5.32 Å². The van der Waals surface area contributed by atoms with Crippen molar-refractivity contribution in [3.63, 3.8) is 0 Å². The number of amides is 1. The van der Waals surface area contributed by atoms with E-state index in [9.17, 15) is 4.79 Å². The Bertz CT molecular complexity index is 885. The maximum absolute atomic E-state index is 12.6. The monoisotopic (exact) mass is 570 g/mol. The molecule has 41 heavy (non-hydrogen) atoms. The molecule has 3 heteroatoms. The van der Waals surface area contributed by atoms with E-state index in [0.29, 0.717) is 16.2 Å². The predicted molar refractivity (Wildman–Crippen MR) is 174 cm³/mol. The summed E-state index contributed by atoms with van der Waals surface area (Å²) in [5.41, 5.74) is 2.90. The third-order valence-corrected chi connectivity index (χ3v) is 12.7. The van der Waals surface area contributed by atoms with E-state index in [1.54, 1.807) is 5.57 Å². The first-order valence-electron chi connectivity index (χ1n) is 18.0. The molecule has 0 saturated heterocycles. The van der Waals surface area contributed by atoms with Crippen molar-refractivity contribution in [1.29, 1.82) is 0 Å². The average Bonchev–Trinajstić information content (AvgIpc) is 3.24. The average molecular weight is 570 g/mol. The number of allylic oxidation sites excluding steroid dienone is 1. The van der Waals surface area contributed by atoms with Gasteiger partial charge < -0.3 is 10.1 Å². The van der Waals surface area contributed by atoms with Crippen molar-refractivity contribution in [3.05, 3.63) is 11.6 Å². The quantitative estimate of drug-likeness (QED) is 0.187. The number of unbranched alkanes of at least 4 members (excludes halogenated alkanes) is 3. The lowest BCUT2D eigenvalue weighted by Gasteiger charge is -2.58. The van der Waals surface area contributed by atoms with Crippen LogP contribution in [0.25, 0.3) is 0 Å². The second-order valence-corrected chi connectivity index (χ2v) is 17.2. The van der Waals surface area contributed by atoms with Crippen molar-refractivity contribution in [3.8, 4) is 0 Å². The molecule has 0 bridgehead atoms. The summed E-state index contributed by atoms with van der Waals surface area (Å²) in [6, 6.07) is 0. The molecule has 0 aromatic carbocycles. The Labute approximate surface area is 254 Å². The Morgan fingerprint density at radius 1 is 0.951 bits per heavy atom. The number of carbonyl (C=O) groups excluding carboxylic acids is 1. The van der Waals surface area contributed by atoms with E-state index in [-0.39, 0.29) is 12.2 Å². The Kier molecular flexibility index (Phi) is 11.0. The van der Waals surface area contributed by atoms with Gasteiger partial charge in [-0.25, -0.2) is 4.79 Å². The topological polar surface area (TPSA) is 38.3 Å². The van der Waals surface area contributed by atoms with Gasteiger partial charge in [0.15, 0.2) is 0 Å². The molecular weight excluding hydrogens is 502 g/mol. The van der Waals surface area contributed by atoms with Gasteiger partial charge in [0.25, 0.3) is 0 Å².